The third-order valence-corrected chi connectivity index (χ3v) is 3.49. The number of benzene rings is 1. The maximum absolute atomic E-state index is 11.7. The van der Waals surface area contributed by atoms with Gasteiger partial charge < -0.3 is 9.64 Å². The van der Waals surface area contributed by atoms with E-state index in [2.05, 4.69) is 6.92 Å². The zero-order valence-corrected chi connectivity index (χ0v) is 9.30. The summed E-state index contributed by atoms with van der Waals surface area (Å²) in [5.74, 6) is 0.587. The van der Waals surface area contributed by atoms with Crippen LogP contribution in [0, 0.1) is 5.92 Å². The molecule has 0 saturated carbocycles. The van der Waals surface area contributed by atoms with Crippen molar-refractivity contribution in [3.63, 3.8) is 0 Å². The standard InChI is InChI=1S/C13H15NO2/c1-9-7-11-12(10-5-3-2-4-6-10)16-13(15)14(11)8-9/h2-6,9,11-12H,7-8H2,1H3/t9-,11+,12?/m0/s1. The van der Waals surface area contributed by atoms with Crippen molar-refractivity contribution in [1.29, 1.82) is 0 Å². The molecule has 0 N–H and O–H groups in total. The van der Waals surface area contributed by atoms with E-state index >= 15 is 0 Å². The number of rotatable bonds is 1. The highest BCUT2D eigenvalue weighted by molar-refractivity contribution is 5.71. The van der Waals surface area contributed by atoms with Crippen LogP contribution in [-0.2, 0) is 4.74 Å². The Balaban J connectivity index is 1.90. The molecule has 1 unspecified atom stereocenters. The first-order valence-corrected chi connectivity index (χ1v) is 5.78. The van der Waals surface area contributed by atoms with Crippen LogP contribution in [0.25, 0.3) is 0 Å². The van der Waals surface area contributed by atoms with Crippen LogP contribution >= 0.6 is 0 Å². The molecular formula is C13H15NO2. The maximum Gasteiger partial charge on any atom is 0.410 e. The largest absolute Gasteiger partial charge is 0.439 e. The van der Waals surface area contributed by atoms with Crippen molar-refractivity contribution in [2.24, 2.45) is 5.92 Å². The van der Waals surface area contributed by atoms with Gasteiger partial charge >= 0.3 is 6.09 Å². The summed E-state index contributed by atoms with van der Waals surface area (Å²) < 4.78 is 5.45. The van der Waals surface area contributed by atoms with Crippen molar-refractivity contribution in [3.05, 3.63) is 35.9 Å². The van der Waals surface area contributed by atoms with Gasteiger partial charge in [0, 0.05) is 6.54 Å². The van der Waals surface area contributed by atoms with Crippen LogP contribution in [-0.4, -0.2) is 23.6 Å². The topological polar surface area (TPSA) is 29.5 Å². The molecule has 3 rings (SSSR count). The van der Waals surface area contributed by atoms with Gasteiger partial charge in [0.15, 0.2) is 0 Å². The highest BCUT2D eigenvalue weighted by atomic mass is 16.6. The molecule has 84 valence electrons. The van der Waals surface area contributed by atoms with Gasteiger partial charge in [-0.2, -0.15) is 0 Å². The Hall–Kier alpha value is -1.51. The minimum Gasteiger partial charge on any atom is -0.439 e. The molecule has 1 aromatic carbocycles. The molecule has 3 heteroatoms. The third kappa shape index (κ3) is 1.39. The minimum atomic E-state index is -0.150. The lowest BCUT2D eigenvalue weighted by Gasteiger charge is -2.16. The summed E-state index contributed by atoms with van der Waals surface area (Å²) in [6.45, 7) is 3.03. The predicted molar refractivity (Wildman–Crippen MR) is 59.9 cm³/mol. The van der Waals surface area contributed by atoms with Gasteiger partial charge in [0.25, 0.3) is 0 Å². The zero-order valence-electron chi connectivity index (χ0n) is 9.30. The molecule has 2 heterocycles. The molecule has 2 aliphatic heterocycles. The zero-order chi connectivity index (χ0) is 11.1. The lowest BCUT2D eigenvalue weighted by atomic mass is 9.98. The van der Waals surface area contributed by atoms with E-state index in [0.717, 1.165) is 18.5 Å². The number of cyclic esters (lactones) is 1. The van der Waals surface area contributed by atoms with E-state index in [0.29, 0.717) is 5.92 Å². The Morgan fingerprint density at radius 1 is 1.31 bits per heavy atom. The Kier molecular flexibility index (Phi) is 2.13. The maximum atomic E-state index is 11.7. The molecule has 2 aliphatic rings. The fourth-order valence-corrected chi connectivity index (χ4v) is 2.77. The van der Waals surface area contributed by atoms with Gasteiger partial charge in [-0.1, -0.05) is 37.3 Å². The van der Waals surface area contributed by atoms with Crippen molar-refractivity contribution in [3.8, 4) is 0 Å². The first kappa shape index (κ1) is 9.70. The van der Waals surface area contributed by atoms with Crippen LogP contribution < -0.4 is 0 Å². The molecular weight excluding hydrogens is 202 g/mol. The molecule has 0 bridgehead atoms. The number of ether oxygens (including phenoxy) is 1. The molecule has 0 spiro atoms. The van der Waals surface area contributed by atoms with E-state index in [1.165, 1.54) is 0 Å². The van der Waals surface area contributed by atoms with Gasteiger partial charge in [0.2, 0.25) is 0 Å². The molecule has 16 heavy (non-hydrogen) atoms. The summed E-state index contributed by atoms with van der Waals surface area (Å²) in [5, 5.41) is 0. The third-order valence-electron chi connectivity index (χ3n) is 3.49. The summed E-state index contributed by atoms with van der Waals surface area (Å²) in [4.78, 5) is 13.6. The Morgan fingerprint density at radius 2 is 2.06 bits per heavy atom. The Bertz CT molecular complexity index is 404. The number of hydrogen-bond donors (Lipinski definition) is 0. The normalized spacial score (nSPS) is 32.7. The number of carbonyl (C=O) groups excluding carboxylic acids is 1. The van der Waals surface area contributed by atoms with Crippen LogP contribution in [0.4, 0.5) is 4.79 Å². The van der Waals surface area contributed by atoms with E-state index in [4.69, 9.17) is 4.74 Å². The van der Waals surface area contributed by atoms with Crippen LogP contribution in [0.5, 0.6) is 0 Å². The highest BCUT2D eigenvalue weighted by Crippen LogP contribution is 2.40. The summed E-state index contributed by atoms with van der Waals surface area (Å²) in [5.41, 5.74) is 1.11. The fraction of sp³-hybridized carbons (Fsp3) is 0.462. The van der Waals surface area contributed by atoms with Crippen LogP contribution in [0.15, 0.2) is 30.3 Å². The minimum absolute atomic E-state index is 0.0707. The number of hydrogen-bond acceptors (Lipinski definition) is 2. The van der Waals surface area contributed by atoms with E-state index in [-0.39, 0.29) is 18.2 Å². The molecule has 3 atom stereocenters. The van der Waals surface area contributed by atoms with Crippen molar-refractivity contribution in [1.82, 2.24) is 4.90 Å². The molecule has 1 aromatic rings. The number of amides is 1. The summed E-state index contributed by atoms with van der Waals surface area (Å²) in [6, 6.07) is 10.3. The van der Waals surface area contributed by atoms with Gasteiger partial charge in [-0.05, 0) is 17.9 Å². The average molecular weight is 217 g/mol. The van der Waals surface area contributed by atoms with Crippen molar-refractivity contribution in [2.45, 2.75) is 25.5 Å². The van der Waals surface area contributed by atoms with Crippen molar-refractivity contribution < 1.29 is 9.53 Å². The van der Waals surface area contributed by atoms with Gasteiger partial charge in [-0.25, -0.2) is 4.79 Å². The smallest absolute Gasteiger partial charge is 0.410 e. The molecule has 2 fully saturated rings. The second-order valence-electron chi connectivity index (χ2n) is 4.78. The first-order chi connectivity index (χ1) is 7.75. The number of carbonyl (C=O) groups is 1. The molecule has 2 saturated heterocycles. The monoisotopic (exact) mass is 217 g/mol. The second-order valence-corrected chi connectivity index (χ2v) is 4.78. The van der Waals surface area contributed by atoms with E-state index in [1.807, 2.05) is 35.2 Å². The van der Waals surface area contributed by atoms with Gasteiger partial charge in [0.1, 0.15) is 6.10 Å². The number of fused-ring (bicyclic) bond motifs is 1. The van der Waals surface area contributed by atoms with Crippen LogP contribution in [0.2, 0.25) is 0 Å². The van der Waals surface area contributed by atoms with Crippen molar-refractivity contribution in [2.75, 3.05) is 6.54 Å². The Labute approximate surface area is 95.0 Å². The SMILES string of the molecule is C[C@H]1C[C@@H]2C(c3ccccc3)OC(=O)N2C1. The summed E-state index contributed by atoms with van der Waals surface area (Å²) in [6.07, 6.45) is 0.826. The molecule has 1 amide bonds. The molecule has 0 aliphatic carbocycles. The fourth-order valence-electron chi connectivity index (χ4n) is 2.77. The molecule has 3 nitrogen and oxygen atoms in total. The van der Waals surface area contributed by atoms with E-state index in [9.17, 15) is 4.79 Å². The molecule has 0 aromatic heterocycles. The predicted octanol–water partition coefficient (Wildman–Crippen LogP) is 2.59. The highest BCUT2D eigenvalue weighted by Gasteiger charge is 2.47. The van der Waals surface area contributed by atoms with Gasteiger partial charge in [0.05, 0.1) is 6.04 Å². The van der Waals surface area contributed by atoms with E-state index in [1.54, 1.807) is 0 Å². The summed E-state index contributed by atoms with van der Waals surface area (Å²) in [7, 11) is 0. The van der Waals surface area contributed by atoms with Crippen molar-refractivity contribution >= 4 is 6.09 Å². The Morgan fingerprint density at radius 3 is 2.81 bits per heavy atom. The van der Waals surface area contributed by atoms with E-state index < -0.39 is 0 Å². The lowest BCUT2D eigenvalue weighted by molar-refractivity contribution is 0.124. The molecule has 0 radical (unpaired) electrons. The lowest BCUT2D eigenvalue weighted by Crippen LogP contribution is -2.27. The van der Waals surface area contributed by atoms with Crippen LogP contribution in [0.3, 0.4) is 0 Å². The number of nitrogens with zero attached hydrogens (tertiary/aromatic N) is 1. The van der Waals surface area contributed by atoms with Gasteiger partial charge in [-0.15, -0.1) is 0 Å². The average Bonchev–Trinajstić information content (AvgIpc) is 2.80. The van der Waals surface area contributed by atoms with Crippen LogP contribution in [0.1, 0.15) is 25.0 Å². The summed E-state index contributed by atoms with van der Waals surface area (Å²) >= 11 is 0. The second kappa shape index (κ2) is 3.51. The quantitative estimate of drug-likeness (QED) is 0.723. The first-order valence-electron chi connectivity index (χ1n) is 5.78. The van der Waals surface area contributed by atoms with Gasteiger partial charge in [-0.3, -0.25) is 0 Å².